The van der Waals surface area contributed by atoms with Gasteiger partial charge in [0.2, 0.25) is 16.8 Å². The molecule has 1 heterocycles. The molecule has 0 aliphatic rings. The molecule has 0 aliphatic heterocycles. The van der Waals surface area contributed by atoms with Gasteiger partial charge in [-0.3, -0.25) is 4.79 Å². The van der Waals surface area contributed by atoms with Crippen LogP contribution in [0.3, 0.4) is 0 Å². The lowest BCUT2D eigenvalue weighted by Gasteiger charge is -2.21. The Labute approximate surface area is 217 Å². The lowest BCUT2D eigenvalue weighted by Crippen LogP contribution is -2.19. The summed E-state index contributed by atoms with van der Waals surface area (Å²) in [5, 5.41) is 5.96. The summed E-state index contributed by atoms with van der Waals surface area (Å²) in [6, 6.07) is 18.7. The fourth-order valence-corrected chi connectivity index (χ4v) is 4.19. The molecule has 1 amide bonds. The third kappa shape index (κ3) is 5.66. The first-order chi connectivity index (χ1) is 17.4. The van der Waals surface area contributed by atoms with Gasteiger partial charge in [0.25, 0.3) is 0 Å². The van der Waals surface area contributed by atoms with E-state index in [1.54, 1.807) is 60.7 Å². The fraction of sp³-hybridized carbons (Fsp3) is 0.125. The van der Waals surface area contributed by atoms with E-state index in [0.717, 1.165) is 4.31 Å². The lowest BCUT2D eigenvalue weighted by molar-refractivity contribution is -0.113. The van der Waals surface area contributed by atoms with Crippen molar-refractivity contribution in [2.24, 2.45) is 0 Å². The number of amides is 1. The van der Waals surface area contributed by atoms with Gasteiger partial charge in [0.05, 0.1) is 36.3 Å². The lowest BCUT2D eigenvalue weighted by atomic mass is 10.2. The number of methoxy groups -OCH3 is 2. The summed E-state index contributed by atoms with van der Waals surface area (Å²) in [4.78, 5) is 21.1. The van der Waals surface area contributed by atoms with E-state index in [9.17, 15) is 13.2 Å². The van der Waals surface area contributed by atoms with Crippen LogP contribution in [-0.2, 0) is 15.7 Å². The van der Waals surface area contributed by atoms with Gasteiger partial charge < -0.3 is 20.1 Å². The smallest absolute Gasteiger partial charge is 0.235 e. The molecule has 12 heteroatoms. The van der Waals surface area contributed by atoms with E-state index in [-0.39, 0.29) is 28.6 Å². The molecule has 0 radical (unpaired) electrons. The Hall–Kier alpha value is -3.90. The van der Waals surface area contributed by atoms with Crippen LogP contribution in [-0.4, -0.2) is 43.8 Å². The number of nitrogens with one attached hydrogen (secondary N) is 2. The van der Waals surface area contributed by atoms with Crippen molar-refractivity contribution in [2.75, 3.05) is 34.5 Å². The minimum absolute atomic E-state index is 0.0514. The second kappa shape index (κ2) is 11.2. The highest BCUT2D eigenvalue weighted by Gasteiger charge is 2.21. The summed E-state index contributed by atoms with van der Waals surface area (Å²) in [5.41, 5.74) is 2.33. The van der Waals surface area contributed by atoms with Gasteiger partial charge in [-0.25, -0.2) is 22.7 Å². The van der Waals surface area contributed by atoms with Gasteiger partial charge in [-0.15, -0.1) is 0 Å². The van der Waals surface area contributed by atoms with Crippen LogP contribution in [0.2, 0.25) is 0 Å². The van der Waals surface area contributed by atoms with Crippen molar-refractivity contribution in [3.63, 3.8) is 0 Å². The van der Waals surface area contributed by atoms with Crippen LogP contribution in [0.15, 0.2) is 66.7 Å². The molecule has 0 saturated heterocycles. The summed E-state index contributed by atoms with van der Waals surface area (Å²) in [7, 11) is -0.133. The molecule has 186 valence electrons. The minimum Gasteiger partial charge on any atom is -0.497 e. The first-order valence-corrected chi connectivity index (χ1v) is 12.8. The van der Waals surface area contributed by atoms with E-state index in [4.69, 9.17) is 9.47 Å². The molecule has 0 spiro atoms. The molecule has 0 unspecified atom stereocenters. The second-order valence-electron chi connectivity index (χ2n) is 7.39. The van der Waals surface area contributed by atoms with E-state index >= 15 is 0 Å². The Morgan fingerprint density at radius 2 is 1.58 bits per heavy atom. The molecule has 0 fully saturated rings. The van der Waals surface area contributed by atoms with E-state index in [0.29, 0.717) is 33.9 Å². The van der Waals surface area contributed by atoms with Crippen molar-refractivity contribution in [1.29, 1.82) is 0 Å². The normalized spacial score (nSPS) is 10.8. The van der Waals surface area contributed by atoms with Crippen molar-refractivity contribution in [2.45, 2.75) is 0 Å². The number of carbonyl (C=O) groups is 1. The van der Waals surface area contributed by atoms with Crippen LogP contribution in [0.1, 0.15) is 0 Å². The summed E-state index contributed by atoms with van der Waals surface area (Å²) in [6.07, 6.45) is 0. The molecule has 0 aliphatic carbocycles. The Kier molecular flexibility index (Phi) is 7.86. The average Bonchev–Trinajstić information content (AvgIpc) is 2.88. The zero-order valence-corrected chi connectivity index (χ0v) is 21.7. The minimum atomic E-state index is -3.20. The predicted octanol–water partition coefficient (Wildman–Crippen LogP) is 4.39. The number of fused-ring (bicyclic) bond motifs is 1. The summed E-state index contributed by atoms with van der Waals surface area (Å²) in [6.45, 7) is 0. The van der Waals surface area contributed by atoms with E-state index < -0.39 is 10.9 Å². The number of benzene rings is 3. The quantitative estimate of drug-likeness (QED) is 0.200. The fourth-order valence-electron chi connectivity index (χ4n) is 3.44. The highest BCUT2D eigenvalue weighted by molar-refractivity contribution is 9.09. The average molecular weight is 572 g/mol. The highest BCUT2D eigenvalue weighted by atomic mass is 79.9. The van der Waals surface area contributed by atoms with Crippen LogP contribution < -0.4 is 24.4 Å². The van der Waals surface area contributed by atoms with Gasteiger partial charge in [-0.05, 0) is 30.3 Å². The van der Waals surface area contributed by atoms with Crippen molar-refractivity contribution in [3.05, 3.63) is 66.7 Å². The Bertz CT molecular complexity index is 1470. The third-order valence-corrected chi connectivity index (χ3v) is 6.28. The van der Waals surface area contributed by atoms with Crippen molar-refractivity contribution in [3.8, 4) is 11.5 Å². The van der Waals surface area contributed by atoms with Crippen LogP contribution in [0.25, 0.3) is 11.0 Å². The number of thiol groups is 1. The largest absolute Gasteiger partial charge is 0.497 e. The zero-order chi connectivity index (χ0) is 25.7. The number of hydrogen-bond acceptors (Lipinski definition) is 8. The number of aromatic nitrogens is 2. The molecule has 1 aromatic heterocycles. The molecule has 10 nitrogen and oxygen atoms in total. The number of anilines is 5. The van der Waals surface area contributed by atoms with Gasteiger partial charge in [0.1, 0.15) is 11.5 Å². The van der Waals surface area contributed by atoms with Crippen LogP contribution >= 0.6 is 15.9 Å². The van der Waals surface area contributed by atoms with Crippen molar-refractivity contribution >= 4 is 72.5 Å². The Morgan fingerprint density at radius 1 is 0.917 bits per heavy atom. The maximum Gasteiger partial charge on any atom is 0.235 e. The molecule has 3 aromatic carbocycles. The number of hydrogen-bond donors (Lipinski definition) is 3. The number of halogens is 1. The van der Waals surface area contributed by atoms with E-state index in [1.165, 1.54) is 14.2 Å². The highest BCUT2D eigenvalue weighted by Crippen LogP contribution is 2.35. The second-order valence-corrected chi connectivity index (χ2v) is 8.83. The van der Waals surface area contributed by atoms with Crippen LogP contribution in [0.5, 0.6) is 11.5 Å². The first kappa shape index (κ1) is 25.2. The van der Waals surface area contributed by atoms with Crippen molar-refractivity contribution in [1.82, 2.24) is 9.97 Å². The number of rotatable bonds is 9. The molecular weight excluding hydrogens is 550 g/mol. The third-order valence-electron chi connectivity index (χ3n) is 5.03. The molecule has 36 heavy (non-hydrogen) atoms. The number of nitrogens with zero attached hydrogens (tertiary/aromatic N) is 3. The zero-order valence-electron chi connectivity index (χ0n) is 19.3. The topological polar surface area (TPSA) is 123 Å². The molecule has 4 aromatic rings. The van der Waals surface area contributed by atoms with Gasteiger partial charge in [-0.1, -0.05) is 34.1 Å². The van der Waals surface area contributed by atoms with Crippen molar-refractivity contribution < 1.29 is 22.7 Å². The molecule has 0 bridgehead atoms. The maximum absolute atomic E-state index is 12.6. The molecule has 0 saturated carbocycles. The van der Waals surface area contributed by atoms with E-state index in [1.807, 2.05) is 6.07 Å². The Balaban J connectivity index is 1.86. The van der Waals surface area contributed by atoms with E-state index in [2.05, 4.69) is 36.5 Å². The number of ether oxygens (including phenoxy) is 2. The van der Waals surface area contributed by atoms with Crippen LogP contribution in [0.4, 0.5) is 28.7 Å². The molecule has 4 rings (SSSR count). The SMILES string of the molecule is COc1cc(Nc2nc3ccccc3nc2N(c2cccc(NC(=O)CBr)c2)[SH](=O)=O)cc(OC)c1. The number of alkyl halides is 1. The summed E-state index contributed by atoms with van der Waals surface area (Å²) in [5.74, 6) is 1.04. The Morgan fingerprint density at radius 3 is 2.19 bits per heavy atom. The van der Waals surface area contributed by atoms with Gasteiger partial charge in [-0.2, -0.15) is 0 Å². The van der Waals surface area contributed by atoms with Gasteiger partial charge >= 0.3 is 0 Å². The summed E-state index contributed by atoms with van der Waals surface area (Å²) >= 11 is 3.10. The molecular formula is C24H22BrN5O5S. The monoisotopic (exact) mass is 571 g/mol. The van der Waals surface area contributed by atoms with Crippen LogP contribution in [0, 0.1) is 0 Å². The summed E-state index contributed by atoms with van der Waals surface area (Å²) < 4.78 is 36.9. The molecule has 2 N–H and O–H groups in total. The maximum atomic E-state index is 12.6. The predicted molar refractivity (Wildman–Crippen MR) is 144 cm³/mol. The number of para-hydroxylation sites is 2. The number of carbonyl (C=O) groups excluding carboxylic acids is 1. The first-order valence-electron chi connectivity index (χ1n) is 10.6. The van der Waals surface area contributed by atoms with Gasteiger partial charge in [0, 0.05) is 29.6 Å². The molecule has 0 atom stereocenters. The standard InChI is InChI=1S/C24H22BrN5O5S/c1-34-18-11-16(12-19(13-18)35-2)27-23-24(29-21-9-4-3-8-20(21)28-23)30(36(32)33)17-7-5-6-15(10-17)26-22(31)14-25/h3-13,36H,14H2,1-2H3,(H,26,31)(H,27,28). The van der Waals surface area contributed by atoms with Gasteiger partial charge in [0.15, 0.2) is 11.6 Å².